The van der Waals surface area contributed by atoms with E-state index in [-0.39, 0.29) is 35.9 Å². The summed E-state index contributed by atoms with van der Waals surface area (Å²) in [6.07, 6.45) is 0. The average Bonchev–Trinajstić information content (AvgIpc) is 2.54. The number of nitrogens with one attached hydrogen (secondary N) is 2. The number of aliphatic imine (C=N–C) groups is 1. The predicted octanol–water partition coefficient (Wildman–Crippen LogP) is 1.79. The van der Waals surface area contributed by atoms with Crippen molar-refractivity contribution in [3.8, 4) is 5.75 Å². The van der Waals surface area contributed by atoms with Gasteiger partial charge in [0.1, 0.15) is 5.75 Å². The van der Waals surface area contributed by atoms with Gasteiger partial charge in [-0.15, -0.1) is 24.0 Å². The second kappa shape index (κ2) is 11.1. The van der Waals surface area contributed by atoms with Crippen LogP contribution in [0.3, 0.4) is 0 Å². The molecule has 1 atom stereocenters. The van der Waals surface area contributed by atoms with Gasteiger partial charge in [0.2, 0.25) is 0 Å². The van der Waals surface area contributed by atoms with Gasteiger partial charge in [-0.3, -0.25) is 9.79 Å². The average molecular weight is 421 g/mol. The molecule has 0 heterocycles. The Morgan fingerprint density at radius 3 is 2.36 bits per heavy atom. The molecule has 124 valence electrons. The molecule has 1 aromatic carbocycles. The van der Waals surface area contributed by atoms with Crippen molar-refractivity contribution < 1.29 is 14.3 Å². The fraction of sp³-hybridized carbons (Fsp3) is 0.467. The zero-order valence-electron chi connectivity index (χ0n) is 13.4. The standard InChI is InChI=1S/C15H23N3O3.HI/c1-11(14(19)21-4)9-17-15(16-2)18-10-12-5-7-13(20-3)8-6-12;/h5-8,11H,9-10H2,1-4H3,(H2,16,17,18);1H. The molecule has 0 aliphatic carbocycles. The maximum Gasteiger partial charge on any atom is 0.310 e. The van der Waals surface area contributed by atoms with Crippen molar-refractivity contribution in [2.24, 2.45) is 10.9 Å². The smallest absolute Gasteiger partial charge is 0.310 e. The molecule has 6 nitrogen and oxygen atoms in total. The van der Waals surface area contributed by atoms with E-state index in [2.05, 4.69) is 20.4 Å². The van der Waals surface area contributed by atoms with Crippen LogP contribution in [0.5, 0.6) is 5.75 Å². The molecular formula is C15H24IN3O3. The van der Waals surface area contributed by atoms with Crippen LogP contribution in [0.1, 0.15) is 12.5 Å². The molecular weight excluding hydrogens is 397 g/mol. The topological polar surface area (TPSA) is 72.0 Å². The fourth-order valence-electron chi connectivity index (χ4n) is 1.68. The molecule has 0 amide bonds. The van der Waals surface area contributed by atoms with E-state index in [4.69, 9.17) is 4.74 Å². The fourth-order valence-corrected chi connectivity index (χ4v) is 1.68. The van der Waals surface area contributed by atoms with E-state index < -0.39 is 0 Å². The number of carbonyl (C=O) groups is 1. The van der Waals surface area contributed by atoms with Crippen LogP contribution in [0.4, 0.5) is 0 Å². The minimum atomic E-state index is -0.242. The maximum atomic E-state index is 11.3. The highest BCUT2D eigenvalue weighted by Gasteiger charge is 2.13. The predicted molar refractivity (Wildman–Crippen MR) is 97.8 cm³/mol. The maximum absolute atomic E-state index is 11.3. The minimum absolute atomic E-state index is 0. The Morgan fingerprint density at radius 2 is 1.86 bits per heavy atom. The first-order valence-electron chi connectivity index (χ1n) is 6.76. The van der Waals surface area contributed by atoms with Gasteiger partial charge < -0.3 is 20.1 Å². The van der Waals surface area contributed by atoms with Gasteiger partial charge in [-0.25, -0.2) is 0 Å². The molecule has 7 heteroatoms. The van der Waals surface area contributed by atoms with Crippen LogP contribution in [0.25, 0.3) is 0 Å². The number of guanidine groups is 1. The van der Waals surface area contributed by atoms with E-state index >= 15 is 0 Å². The summed E-state index contributed by atoms with van der Waals surface area (Å²) in [5, 5.41) is 6.27. The number of rotatable bonds is 6. The Bertz CT molecular complexity index is 477. The van der Waals surface area contributed by atoms with Gasteiger partial charge in [-0.1, -0.05) is 19.1 Å². The minimum Gasteiger partial charge on any atom is -0.497 e. The Balaban J connectivity index is 0.00000441. The Labute approximate surface area is 148 Å². The van der Waals surface area contributed by atoms with Crippen molar-refractivity contribution in [1.82, 2.24) is 10.6 Å². The number of nitrogens with zero attached hydrogens (tertiary/aromatic N) is 1. The molecule has 0 radical (unpaired) electrons. The molecule has 0 saturated heterocycles. The number of halogens is 1. The quantitative estimate of drug-likeness (QED) is 0.317. The molecule has 0 saturated carbocycles. The van der Waals surface area contributed by atoms with Crippen LogP contribution in [0.2, 0.25) is 0 Å². The highest BCUT2D eigenvalue weighted by molar-refractivity contribution is 14.0. The van der Waals surface area contributed by atoms with Crippen molar-refractivity contribution in [3.05, 3.63) is 29.8 Å². The highest BCUT2D eigenvalue weighted by atomic mass is 127. The summed E-state index contributed by atoms with van der Waals surface area (Å²) in [4.78, 5) is 15.4. The molecule has 0 aliphatic rings. The molecule has 0 spiro atoms. The first-order valence-corrected chi connectivity index (χ1v) is 6.76. The number of benzene rings is 1. The van der Waals surface area contributed by atoms with Gasteiger partial charge in [0.25, 0.3) is 0 Å². The molecule has 2 N–H and O–H groups in total. The highest BCUT2D eigenvalue weighted by Crippen LogP contribution is 2.10. The molecule has 0 fully saturated rings. The number of hydrogen-bond donors (Lipinski definition) is 2. The van der Waals surface area contributed by atoms with E-state index in [1.54, 1.807) is 21.1 Å². The summed E-state index contributed by atoms with van der Waals surface area (Å²) in [6, 6.07) is 7.78. The molecule has 1 unspecified atom stereocenters. The van der Waals surface area contributed by atoms with Crippen molar-refractivity contribution in [2.45, 2.75) is 13.5 Å². The van der Waals surface area contributed by atoms with Gasteiger partial charge in [0.15, 0.2) is 5.96 Å². The summed E-state index contributed by atoms with van der Waals surface area (Å²) in [5.41, 5.74) is 1.11. The molecule has 1 aromatic rings. The number of esters is 1. The van der Waals surface area contributed by atoms with Crippen LogP contribution in [-0.2, 0) is 16.1 Å². The zero-order valence-corrected chi connectivity index (χ0v) is 15.7. The Morgan fingerprint density at radius 1 is 1.23 bits per heavy atom. The second-order valence-electron chi connectivity index (χ2n) is 4.58. The van der Waals surface area contributed by atoms with Gasteiger partial charge in [0.05, 0.1) is 20.1 Å². The molecule has 0 aliphatic heterocycles. The summed E-state index contributed by atoms with van der Waals surface area (Å²) >= 11 is 0. The second-order valence-corrected chi connectivity index (χ2v) is 4.58. The number of hydrogen-bond acceptors (Lipinski definition) is 4. The third-order valence-corrected chi connectivity index (χ3v) is 3.02. The van der Waals surface area contributed by atoms with Crippen molar-refractivity contribution in [2.75, 3.05) is 27.8 Å². The van der Waals surface area contributed by atoms with E-state index in [1.807, 2.05) is 24.3 Å². The summed E-state index contributed by atoms with van der Waals surface area (Å²) in [5.74, 6) is 0.998. The van der Waals surface area contributed by atoms with Crippen molar-refractivity contribution in [3.63, 3.8) is 0 Å². The van der Waals surface area contributed by atoms with Gasteiger partial charge in [0, 0.05) is 20.1 Å². The van der Waals surface area contributed by atoms with E-state index in [0.717, 1.165) is 11.3 Å². The van der Waals surface area contributed by atoms with Crippen molar-refractivity contribution >= 4 is 35.9 Å². The molecule has 1 rings (SSSR count). The van der Waals surface area contributed by atoms with Gasteiger partial charge in [-0.05, 0) is 17.7 Å². The van der Waals surface area contributed by atoms with Crippen LogP contribution in [0.15, 0.2) is 29.3 Å². The third kappa shape index (κ3) is 6.97. The van der Waals surface area contributed by atoms with E-state index in [0.29, 0.717) is 19.0 Å². The lowest BCUT2D eigenvalue weighted by Crippen LogP contribution is -2.40. The van der Waals surface area contributed by atoms with Crippen molar-refractivity contribution in [1.29, 1.82) is 0 Å². The third-order valence-electron chi connectivity index (χ3n) is 3.02. The van der Waals surface area contributed by atoms with Crippen LogP contribution in [-0.4, -0.2) is 39.7 Å². The van der Waals surface area contributed by atoms with Crippen LogP contribution in [0, 0.1) is 5.92 Å². The summed E-state index contributed by atoms with van der Waals surface area (Å²) in [7, 11) is 4.71. The number of carbonyl (C=O) groups excluding carboxylic acids is 1. The molecule has 0 bridgehead atoms. The SMILES string of the molecule is CN=C(NCc1ccc(OC)cc1)NCC(C)C(=O)OC.I. The lowest BCUT2D eigenvalue weighted by molar-refractivity contribution is -0.144. The van der Waals surface area contributed by atoms with Gasteiger partial charge >= 0.3 is 5.97 Å². The molecule has 22 heavy (non-hydrogen) atoms. The zero-order chi connectivity index (χ0) is 15.7. The summed E-state index contributed by atoms with van der Waals surface area (Å²) in [6.45, 7) is 2.90. The summed E-state index contributed by atoms with van der Waals surface area (Å²) < 4.78 is 9.79. The first-order chi connectivity index (χ1) is 10.1. The monoisotopic (exact) mass is 421 g/mol. The van der Waals surface area contributed by atoms with E-state index in [9.17, 15) is 4.79 Å². The molecule has 0 aromatic heterocycles. The van der Waals surface area contributed by atoms with E-state index in [1.165, 1.54) is 7.11 Å². The van der Waals surface area contributed by atoms with Crippen LogP contribution >= 0.6 is 24.0 Å². The first kappa shape index (κ1) is 20.5. The Hall–Kier alpha value is -1.51. The normalized spacial score (nSPS) is 11.9. The Kier molecular flexibility index (Phi) is 10.3. The largest absolute Gasteiger partial charge is 0.497 e. The lowest BCUT2D eigenvalue weighted by atomic mass is 10.2. The number of ether oxygens (including phenoxy) is 2. The lowest BCUT2D eigenvalue weighted by Gasteiger charge is -2.14. The number of methoxy groups -OCH3 is 2. The van der Waals surface area contributed by atoms with Gasteiger partial charge in [-0.2, -0.15) is 0 Å². The van der Waals surface area contributed by atoms with Crippen LogP contribution < -0.4 is 15.4 Å².